The van der Waals surface area contributed by atoms with Crippen molar-refractivity contribution in [3.63, 3.8) is 0 Å². The third-order valence-corrected chi connectivity index (χ3v) is 5.18. The Morgan fingerprint density at radius 1 is 1.17 bits per heavy atom. The summed E-state index contributed by atoms with van der Waals surface area (Å²) in [5.74, 6) is 0.951. The Morgan fingerprint density at radius 3 is 2.65 bits per heavy atom. The fourth-order valence-electron chi connectivity index (χ4n) is 2.80. The molecule has 0 unspecified atom stereocenters. The number of thioether (sulfide) groups is 1. The zero-order chi connectivity index (χ0) is 16.1. The third-order valence-electron chi connectivity index (χ3n) is 4.12. The van der Waals surface area contributed by atoms with Crippen LogP contribution in [-0.2, 0) is 5.75 Å². The van der Waals surface area contributed by atoms with Crippen molar-refractivity contribution in [3.05, 3.63) is 54.0 Å². The van der Waals surface area contributed by atoms with Gasteiger partial charge in [0, 0.05) is 22.3 Å². The van der Waals surface area contributed by atoms with Crippen LogP contribution in [0.15, 0.2) is 52.0 Å². The SMILES string of the molecule is O=C(NC1CCC(O)CC1)c1occc1CSc1ccccc1. The van der Waals surface area contributed by atoms with E-state index in [4.69, 9.17) is 4.42 Å². The molecule has 1 aliphatic rings. The number of amides is 1. The first-order chi connectivity index (χ1) is 11.2. The summed E-state index contributed by atoms with van der Waals surface area (Å²) in [6.45, 7) is 0. The van der Waals surface area contributed by atoms with Gasteiger partial charge in [-0.1, -0.05) is 18.2 Å². The van der Waals surface area contributed by atoms with E-state index in [1.54, 1.807) is 18.0 Å². The molecule has 0 atom stereocenters. The number of hydrogen-bond donors (Lipinski definition) is 2. The number of carbonyl (C=O) groups excluding carboxylic acids is 1. The van der Waals surface area contributed by atoms with Crippen molar-refractivity contribution in [2.24, 2.45) is 0 Å². The quantitative estimate of drug-likeness (QED) is 0.822. The molecular weight excluding hydrogens is 310 g/mol. The molecule has 1 aromatic heterocycles. The van der Waals surface area contributed by atoms with Gasteiger partial charge in [0.2, 0.25) is 0 Å². The first-order valence-electron chi connectivity index (χ1n) is 7.95. The highest BCUT2D eigenvalue weighted by Crippen LogP contribution is 2.25. The minimum absolute atomic E-state index is 0.130. The topological polar surface area (TPSA) is 62.5 Å². The van der Waals surface area contributed by atoms with Crippen LogP contribution in [0.4, 0.5) is 0 Å². The maximum Gasteiger partial charge on any atom is 0.287 e. The Hall–Kier alpha value is -1.72. The van der Waals surface area contributed by atoms with Crippen LogP contribution in [0.25, 0.3) is 0 Å². The number of aliphatic hydroxyl groups is 1. The van der Waals surface area contributed by atoms with E-state index in [1.807, 2.05) is 24.3 Å². The second-order valence-electron chi connectivity index (χ2n) is 5.86. The van der Waals surface area contributed by atoms with Gasteiger partial charge in [-0.2, -0.15) is 0 Å². The number of carbonyl (C=O) groups is 1. The summed E-state index contributed by atoms with van der Waals surface area (Å²) in [7, 11) is 0. The summed E-state index contributed by atoms with van der Waals surface area (Å²) in [6.07, 6.45) is 4.49. The lowest BCUT2D eigenvalue weighted by atomic mass is 9.93. The van der Waals surface area contributed by atoms with Crippen molar-refractivity contribution in [2.75, 3.05) is 0 Å². The number of rotatable bonds is 5. The van der Waals surface area contributed by atoms with Crippen LogP contribution in [0.1, 0.15) is 41.8 Å². The van der Waals surface area contributed by atoms with Crippen LogP contribution in [0, 0.1) is 0 Å². The Morgan fingerprint density at radius 2 is 1.91 bits per heavy atom. The molecule has 1 fully saturated rings. The lowest BCUT2D eigenvalue weighted by Gasteiger charge is -2.25. The Bertz CT molecular complexity index is 633. The van der Waals surface area contributed by atoms with Gasteiger partial charge >= 0.3 is 0 Å². The molecule has 1 aromatic carbocycles. The molecule has 4 nitrogen and oxygen atoms in total. The van der Waals surface area contributed by atoms with E-state index in [0.717, 1.165) is 31.2 Å². The van der Waals surface area contributed by atoms with Crippen LogP contribution >= 0.6 is 11.8 Å². The molecule has 23 heavy (non-hydrogen) atoms. The van der Waals surface area contributed by atoms with E-state index in [9.17, 15) is 9.90 Å². The van der Waals surface area contributed by atoms with E-state index in [-0.39, 0.29) is 18.1 Å². The van der Waals surface area contributed by atoms with Gasteiger partial charge in [-0.15, -0.1) is 11.8 Å². The van der Waals surface area contributed by atoms with E-state index < -0.39 is 0 Å². The molecule has 1 heterocycles. The lowest BCUT2D eigenvalue weighted by Crippen LogP contribution is -2.38. The van der Waals surface area contributed by atoms with Crippen LogP contribution in [-0.4, -0.2) is 23.2 Å². The maximum atomic E-state index is 12.4. The summed E-state index contributed by atoms with van der Waals surface area (Å²) in [5, 5.41) is 12.6. The number of aliphatic hydroxyl groups excluding tert-OH is 1. The minimum Gasteiger partial charge on any atom is -0.459 e. The summed E-state index contributed by atoms with van der Waals surface area (Å²) in [5.41, 5.74) is 0.909. The molecule has 0 saturated heterocycles. The van der Waals surface area contributed by atoms with Gasteiger partial charge in [-0.05, 0) is 43.9 Å². The second-order valence-corrected chi connectivity index (χ2v) is 6.90. The molecule has 2 N–H and O–H groups in total. The highest BCUT2D eigenvalue weighted by molar-refractivity contribution is 7.98. The molecule has 122 valence electrons. The number of nitrogens with one attached hydrogen (secondary N) is 1. The van der Waals surface area contributed by atoms with Gasteiger partial charge in [-0.25, -0.2) is 0 Å². The first-order valence-corrected chi connectivity index (χ1v) is 8.94. The van der Waals surface area contributed by atoms with Gasteiger partial charge < -0.3 is 14.8 Å². The lowest BCUT2D eigenvalue weighted by molar-refractivity contribution is 0.0842. The largest absolute Gasteiger partial charge is 0.459 e. The molecule has 2 aromatic rings. The van der Waals surface area contributed by atoms with Crippen LogP contribution < -0.4 is 5.32 Å². The second kappa shape index (κ2) is 7.70. The summed E-state index contributed by atoms with van der Waals surface area (Å²) < 4.78 is 5.40. The predicted octanol–water partition coefficient (Wildman–Crippen LogP) is 3.61. The normalized spacial score (nSPS) is 21.1. The maximum absolute atomic E-state index is 12.4. The molecule has 0 aliphatic heterocycles. The van der Waals surface area contributed by atoms with E-state index >= 15 is 0 Å². The summed E-state index contributed by atoms with van der Waals surface area (Å²) >= 11 is 1.68. The van der Waals surface area contributed by atoms with Crippen LogP contribution in [0.2, 0.25) is 0 Å². The molecule has 1 aliphatic carbocycles. The molecular formula is C18H21NO3S. The molecule has 5 heteroatoms. The van der Waals surface area contributed by atoms with E-state index in [1.165, 1.54) is 4.90 Å². The van der Waals surface area contributed by atoms with Crippen molar-refractivity contribution >= 4 is 17.7 Å². The smallest absolute Gasteiger partial charge is 0.287 e. The van der Waals surface area contributed by atoms with Crippen molar-refractivity contribution in [3.8, 4) is 0 Å². The van der Waals surface area contributed by atoms with E-state index in [2.05, 4.69) is 17.4 Å². The van der Waals surface area contributed by atoms with Gasteiger partial charge in [0.1, 0.15) is 0 Å². The molecule has 0 radical (unpaired) electrons. The summed E-state index contributed by atoms with van der Waals surface area (Å²) in [4.78, 5) is 13.6. The molecule has 3 rings (SSSR count). The van der Waals surface area contributed by atoms with Gasteiger partial charge in [0.05, 0.1) is 12.4 Å². The van der Waals surface area contributed by atoms with Crippen LogP contribution in [0.3, 0.4) is 0 Å². The van der Waals surface area contributed by atoms with Gasteiger partial charge in [0.15, 0.2) is 5.76 Å². The van der Waals surface area contributed by atoms with E-state index in [0.29, 0.717) is 11.5 Å². The minimum atomic E-state index is -0.218. The first kappa shape index (κ1) is 16.1. The van der Waals surface area contributed by atoms with Gasteiger partial charge in [-0.3, -0.25) is 4.79 Å². The van der Waals surface area contributed by atoms with Gasteiger partial charge in [0.25, 0.3) is 5.91 Å². The molecule has 1 amide bonds. The number of furan rings is 1. The van der Waals surface area contributed by atoms with Crippen LogP contribution in [0.5, 0.6) is 0 Å². The Labute approximate surface area is 140 Å². The standard InChI is InChI=1S/C18H21NO3S/c20-15-8-6-14(7-9-15)19-18(21)17-13(10-11-22-17)12-23-16-4-2-1-3-5-16/h1-5,10-11,14-15,20H,6-9,12H2,(H,19,21). The monoisotopic (exact) mass is 331 g/mol. The van der Waals surface area contributed by atoms with Crippen molar-refractivity contribution in [2.45, 2.75) is 48.5 Å². The highest BCUT2D eigenvalue weighted by Gasteiger charge is 2.23. The number of benzene rings is 1. The average Bonchev–Trinajstić information content (AvgIpc) is 3.05. The Balaban J connectivity index is 1.58. The molecule has 1 saturated carbocycles. The zero-order valence-corrected chi connectivity index (χ0v) is 13.7. The Kier molecular flexibility index (Phi) is 5.41. The number of hydrogen-bond acceptors (Lipinski definition) is 4. The highest BCUT2D eigenvalue weighted by atomic mass is 32.2. The zero-order valence-electron chi connectivity index (χ0n) is 12.9. The molecule has 0 spiro atoms. The van der Waals surface area contributed by atoms with Crippen molar-refractivity contribution in [1.82, 2.24) is 5.32 Å². The fraction of sp³-hybridized carbons (Fsp3) is 0.389. The average molecular weight is 331 g/mol. The van der Waals surface area contributed by atoms with Crippen molar-refractivity contribution < 1.29 is 14.3 Å². The fourth-order valence-corrected chi connectivity index (χ4v) is 3.70. The summed E-state index contributed by atoms with van der Waals surface area (Å²) in [6, 6.07) is 12.1. The van der Waals surface area contributed by atoms with Crippen molar-refractivity contribution in [1.29, 1.82) is 0 Å². The molecule has 0 bridgehead atoms. The third kappa shape index (κ3) is 4.39. The predicted molar refractivity (Wildman–Crippen MR) is 90.4 cm³/mol.